The molecule has 3 N–H and O–H groups in total. The number of rotatable bonds is 5. The zero-order chi connectivity index (χ0) is 20.6. The number of nitrogens with one attached hydrogen (secondary N) is 1. The number of hydrogen-bond donors (Lipinski definition) is 2. The van der Waals surface area contributed by atoms with Gasteiger partial charge in [-0.05, 0) is 35.9 Å². The van der Waals surface area contributed by atoms with Crippen LogP contribution in [-0.4, -0.2) is 26.7 Å². The minimum absolute atomic E-state index is 0. The maximum absolute atomic E-state index is 12.7. The monoisotopic (exact) mass is 519 g/mol. The van der Waals surface area contributed by atoms with E-state index in [-0.39, 0.29) is 42.0 Å². The van der Waals surface area contributed by atoms with E-state index >= 15 is 0 Å². The zero-order valence-corrected chi connectivity index (χ0v) is 18.2. The topological polar surface area (TPSA) is 68.9 Å². The molecule has 0 atom stereocenters. The lowest BCUT2D eigenvalue weighted by molar-refractivity contribution is -0.137. The van der Waals surface area contributed by atoms with Crippen molar-refractivity contribution in [2.75, 3.05) is 20.8 Å². The van der Waals surface area contributed by atoms with E-state index in [1.807, 2.05) is 6.07 Å². The summed E-state index contributed by atoms with van der Waals surface area (Å²) in [4.78, 5) is 4.19. The van der Waals surface area contributed by atoms with Gasteiger partial charge in [-0.2, -0.15) is 13.2 Å². The quantitative estimate of drug-likeness (QED) is 0.273. The van der Waals surface area contributed by atoms with E-state index in [0.29, 0.717) is 18.0 Å². The van der Waals surface area contributed by atoms with Gasteiger partial charge in [-0.3, -0.25) is 0 Å². The van der Waals surface area contributed by atoms with Crippen molar-refractivity contribution in [1.29, 1.82) is 0 Å². The van der Waals surface area contributed by atoms with Crippen molar-refractivity contribution in [2.24, 2.45) is 10.7 Å². The van der Waals surface area contributed by atoms with E-state index in [1.54, 1.807) is 26.4 Å². The molecule has 0 bridgehead atoms. The number of guanidine groups is 1. The van der Waals surface area contributed by atoms with Crippen LogP contribution in [0.15, 0.2) is 47.5 Å². The number of methoxy groups -OCH3 is 2. The highest BCUT2D eigenvalue weighted by atomic mass is 127. The second kappa shape index (κ2) is 11.4. The van der Waals surface area contributed by atoms with Gasteiger partial charge in [0.25, 0.3) is 0 Å². The molecule has 0 radical (unpaired) electrons. The van der Waals surface area contributed by atoms with Crippen LogP contribution in [0.5, 0.6) is 11.5 Å². The summed E-state index contributed by atoms with van der Waals surface area (Å²) >= 11 is 0. The number of nitrogens with zero attached hydrogens (tertiary/aromatic N) is 1. The van der Waals surface area contributed by atoms with Crippen LogP contribution in [0.4, 0.5) is 13.2 Å². The Kier molecular flexibility index (Phi) is 9.61. The predicted molar refractivity (Wildman–Crippen MR) is 117 cm³/mol. The summed E-state index contributed by atoms with van der Waals surface area (Å²) in [6, 6.07) is 10.2. The predicted octanol–water partition coefficient (Wildman–Crippen LogP) is 3.80. The number of benzene rings is 2. The third kappa shape index (κ3) is 7.73. The number of halogens is 4. The molecule has 5 nitrogen and oxygen atoms in total. The summed E-state index contributed by atoms with van der Waals surface area (Å²) in [5.74, 6) is 6.76. The minimum atomic E-state index is -4.39. The Morgan fingerprint density at radius 2 is 1.83 bits per heavy atom. The van der Waals surface area contributed by atoms with E-state index in [9.17, 15) is 13.2 Å². The van der Waals surface area contributed by atoms with Gasteiger partial charge in [0, 0.05) is 5.56 Å². The van der Waals surface area contributed by atoms with Crippen LogP contribution in [0.2, 0.25) is 0 Å². The zero-order valence-electron chi connectivity index (χ0n) is 15.8. The molecule has 29 heavy (non-hydrogen) atoms. The van der Waals surface area contributed by atoms with Crippen LogP contribution in [0.1, 0.15) is 16.7 Å². The van der Waals surface area contributed by atoms with Crippen molar-refractivity contribution in [3.05, 3.63) is 59.2 Å². The van der Waals surface area contributed by atoms with Crippen molar-refractivity contribution in [2.45, 2.75) is 12.7 Å². The van der Waals surface area contributed by atoms with Gasteiger partial charge in [0.1, 0.15) is 0 Å². The van der Waals surface area contributed by atoms with Gasteiger partial charge in [0.05, 0.1) is 32.9 Å². The molecule has 0 heterocycles. The molecule has 156 valence electrons. The van der Waals surface area contributed by atoms with Crippen molar-refractivity contribution in [3.63, 3.8) is 0 Å². The summed E-state index contributed by atoms with van der Waals surface area (Å²) < 4.78 is 48.4. The third-order valence-electron chi connectivity index (χ3n) is 3.66. The second-order valence-electron chi connectivity index (χ2n) is 5.62. The van der Waals surface area contributed by atoms with E-state index in [1.165, 1.54) is 12.1 Å². The molecule has 2 aromatic carbocycles. The molecule has 0 aliphatic heterocycles. The van der Waals surface area contributed by atoms with Gasteiger partial charge in [-0.15, -0.1) is 24.0 Å². The summed E-state index contributed by atoms with van der Waals surface area (Å²) in [5.41, 5.74) is 6.19. The Morgan fingerprint density at radius 3 is 2.48 bits per heavy atom. The van der Waals surface area contributed by atoms with E-state index < -0.39 is 11.7 Å². The van der Waals surface area contributed by atoms with Crippen LogP contribution in [0.3, 0.4) is 0 Å². The Hall–Kier alpha value is -2.61. The lowest BCUT2D eigenvalue weighted by Gasteiger charge is -2.08. The molecule has 0 saturated carbocycles. The molecule has 0 unspecified atom stereocenters. The third-order valence-corrected chi connectivity index (χ3v) is 3.66. The largest absolute Gasteiger partial charge is 0.493 e. The average Bonchev–Trinajstić information content (AvgIpc) is 2.69. The first-order valence-electron chi connectivity index (χ1n) is 8.24. The van der Waals surface area contributed by atoms with Crippen molar-refractivity contribution in [3.8, 4) is 23.3 Å². The fourth-order valence-electron chi connectivity index (χ4n) is 2.27. The molecule has 0 saturated heterocycles. The minimum Gasteiger partial charge on any atom is -0.493 e. The molecular formula is C20H21F3IN3O2. The van der Waals surface area contributed by atoms with Gasteiger partial charge < -0.3 is 20.5 Å². The lowest BCUT2D eigenvalue weighted by atomic mass is 10.1. The van der Waals surface area contributed by atoms with Gasteiger partial charge in [0.2, 0.25) is 0 Å². The summed E-state index contributed by atoms with van der Waals surface area (Å²) in [6.07, 6.45) is -4.39. The molecule has 0 aliphatic carbocycles. The Bertz CT molecular complexity index is 906. The highest BCUT2D eigenvalue weighted by molar-refractivity contribution is 14.0. The molecule has 2 aromatic rings. The maximum Gasteiger partial charge on any atom is 0.416 e. The molecule has 0 aromatic heterocycles. The van der Waals surface area contributed by atoms with Gasteiger partial charge in [-0.1, -0.05) is 24.0 Å². The highest BCUT2D eigenvalue weighted by Crippen LogP contribution is 2.29. The van der Waals surface area contributed by atoms with Crippen molar-refractivity contribution >= 4 is 29.9 Å². The Balaban J connectivity index is 0.00000420. The first-order chi connectivity index (χ1) is 13.3. The SMILES string of the molecule is COc1ccc(CN=C(N)NCC#Cc2cccc(C(F)(F)F)c2)cc1OC.I. The first-order valence-corrected chi connectivity index (χ1v) is 8.24. The lowest BCUT2D eigenvalue weighted by Crippen LogP contribution is -2.31. The number of aliphatic imine (C=N–C) groups is 1. The van der Waals surface area contributed by atoms with Crippen LogP contribution in [0.25, 0.3) is 0 Å². The number of alkyl halides is 3. The van der Waals surface area contributed by atoms with E-state index in [2.05, 4.69) is 22.2 Å². The molecule has 0 spiro atoms. The Morgan fingerprint density at radius 1 is 1.10 bits per heavy atom. The normalized spacial score (nSPS) is 11.0. The molecule has 0 fully saturated rings. The maximum atomic E-state index is 12.7. The fourth-order valence-corrected chi connectivity index (χ4v) is 2.27. The van der Waals surface area contributed by atoms with Crippen molar-refractivity contribution in [1.82, 2.24) is 5.32 Å². The van der Waals surface area contributed by atoms with E-state index in [0.717, 1.165) is 17.7 Å². The van der Waals surface area contributed by atoms with Gasteiger partial charge in [-0.25, -0.2) is 4.99 Å². The molecule has 0 amide bonds. The first kappa shape index (κ1) is 24.4. The smallest absolute Gasteiger partial charge is 0.416 e. The molecule has 9 heteroatoms. The van der Waals surface area contributed by atoms with Crippen LogP contribution >= 0.6 is 24.0 Å². The van der Waals surface area contributed by atoms with Crippen LogP contribution < -0.4 is 20.5 Å². The highest BCUT2D eigenvalue weighted by Gasteiger charge is 2.30. The van der Waals surface area contributed by atoms with Crippen LogP contribution in [0, 0.1) is 11.8 Å². The number of nitrogens with two attached hydrogens (primary N) is 1. The number of ether oxygens (including phenoxy) is 2. The van der Waals surface area contributed by atoms with Gasteiger partial charge >= 0.3 is 6.18 Å². The van der Waals surface area contributed by atoms with E-state index in [4.69, 9.17) is 15.2 Å². The second-order valence-corrected chi connectivity index (χ2v) is 5.62. The fraction of sp³-hybridized carbons (Fsp3) is 0.250. The van der Waals surface area contributed by atoms with Gasteiger partial charge in [0.15, 0.2) is 17.5 Å². The van der Waals surface area contributed by atoms with Crippen LogP contribution in [-0.2, 0) is 12.7 Å². The van der Waals surface area contributed by atoms with Crippen molar-refractivity contribution < 1.29 is 22.6 Å². The standard InChI is InChI=1S/C20H20F3N3O2.HI/c1-27-17-9-8-15(12-18(17)28-2)13-26-19(24)25-10-4-6-14-5-3-7-16(11-14)20(21,22)23;/h3,5,7-9,11-12H,10,13H2,1-2H3,(H3,24,25,26);1H. The summed E-state index contributed by atoms with van der Waals surface area (Å²) in [7, 11) is 3.10. The molecular weight excluding hydrogens is 498 g/mol. The number of hydrogen-bond acceptors (Lipinski definition) is 3. The molecule has 2 rings (SSSR count). The average molecular weight is 519 g/mol. The Labute approximate surface area is 184 Å². The molecule has 0 aliphatic rings. The summed E-state index contributed by atoms with van der Waals surface area (Å²) in [5, 5.41) is 2.80. The summed E-state index contributed by atoms with van der Waals surface area (Å²) in [6.45, 7) is 0.470.